The van der Waals surface area contributed by atoms with Crippen LogP contribution in [0.5, 0.6) is 0 Å². The number of nitrogens with one attached hydrogen (secondary N) is 1. The van der Waals surface area contributed by atoms with Crippen molar-refractivity contribution in [3.63, 3.8) is 0 Å². The number of cyclic esters (lactones) is 1. The number of aliphatic hydroxyl groups is 1. The van der Waals surface area contributed by atoms with Crippen LogP contribution in [-0.2, 0) is 45.1 Å². The quantitative estimate of drug-likeness (QED) is 0.273. The van der Waals surface area contributed by atoms with E-state index >= 15 is 4.39 Å². The minimum Gasteiger partial charge on any atom is -0.455 e. The average molecular weight is 821 g/mol. The number of ether oxygens (including phenoxy) is 5. The molecule has 3 aliphatic heterocycles. The van der Waals surface area contributed by atoms with Gasteiger partial charge in [-0.2, -0.15) is 4.80 Å². The summed E-state index contributed by atoms with van der Waals surface area (Å²) in [6.45, 7) is 12.2. The number of alkyl halides is 1. The molecule has 5 rings (SSSR count). The van der Waals surface area contributed by atoms with E-state index in [1.165, 1.54) is 30.0 Å². The molecule has 57 heavy (non-hydrogen) atoms. The van der Waals surface area contributed by atoms with Gasteiger partial charge in [0.1, 0.15) is 18.0 Å². The summed E-state index contributed by atoms with van der Waals surface area (Å²) in [4.78, 5) is 60.1. The molecule has 0 radical (unpaired) electrons. The van der Waals surface area contributed by atoms with E-state index in [2.05, 4.69) is 20.7 Å². The number of carbonyl (C=O) groups is 4. The lowest BCUT2D eigenvalue weighted by atomic mass is 9.73. The van der Waals surface area contributed by atoms with E-state index in [4.69, 9.17) is 23.7 Å². The molecule has 0 bridgehead atoms. The highest BCUT2D eigenvalue weighted by atomic mass is 32.1. The van der Waals surface area contributed by atoms with Gasteiger partial charge in [-0.25, -0.2) is 14.0 Å². The highest BCUT2D eigenvalue weighted by Crippen LogP contribution is 2.41. The number of aromatic nitrogens is 4. The van der Waals surface area contributed by atoms with Crippen LogP contribution in [0.15, 0.2) is 18.2 Å². The van der Waals surface area contributed by atoms with Crippen molar-refractivity contribution in [2.75, 3.05) is 20.7 Å². The van der Waals surface area contributed by atoms with Gasteiger partial charge in [-0.3, -0.25) is 9.59 Å². The van der Waals surface area contributed by atoms with Crippen LogP contribution in [0.1, 0.15) is 79.5 Å². The van der Waals surface area contributed by atoms with Gasteiger partial charge < -0.3 is 39.0 Å². The van der Waals surface area contributed by atoms with Crippen molar-refractivity contribution < 1.29 is 52.4 Å². The number of tetrazole rings is 1. The summed E-state index contributed by atoms with van der Waals surface area (Å²) in [6.07, 6.45) is -2.16. The maximum Gasteiger partial charge on any atom is 0.408 e. The van der Waals surface area contributed by atoms with Crippen LogP contribution in [0, 0.1) is 17.8 Å². The van der Waals surface area contributed by atoms with E-state index in [0.29, 0.717) is 12.2 Å². The van der Waals surface area contributed by atoms with E-state index in [0.717, 1.165) is 16.7 Å². The third kappa shape index (κ3) is 9.15. The average Bonchev–Trinajstić information content (AvgIpc) is 3.88. The lowest BCUT2D eigenvalue weighted by molar-refractivity contribution is -0.297. The fourth-order valence-electron chi connectivity index (χ4n) is 8.48. The number of likely N-dealkylation sites (N-methyl/N-ethyl adjacent to an activating group) is 1. The number of aliphatic hydroxyl groups excluding tert-OH is 1. The number of fused-ring (bicyclic) bond motifs is 1. The Morgan fingerprint density at radius 1 is 1.12 bits per heavy atom. The molecular formula is C39H57FN6O10S. The first-order valence-corrected chi connectivity index (χ1v) is 20.2. The van der Waals surface area contributed by atoms with Crippen LogP contribution >= 0.6 is 11.3 Å². The second-order valence-electron chi connectivity index (χ2n) is 16.4. The van der Waals surface area contributed by atoms with Gasteiger partial charge in [0.25, 0.3) is 5.67 Å². The molecule has 0 spiro atoms. The summed E-state index contributed by atoms with van der Waals surface area (Å²) in [6, 6.07) is 2.40. The van der Waals surface area contributed by atoms with Crippen molar-refractivity contribution in [3.8, 4) is 10.7 Å². The third-order valence-electron chi connectivity index (χ3n) is 11.6. The van der Waals surface area contributed by atoms with Crippen molar-refractivity contribution in [3.05, 3.63) is 23.1 Å². The molecule has 18 heteroatoms. The van der Waals surface area contributed by atoms with Crippen molar-refractivity contribution in [2.45, 2.75) is 134 Å². The van der Waals surface area contributed by atoms with Crippen LogP contribution < -0.4 is 5.32 Å². The van der Waals surface area contributed by atoms with E-state index in [9.17, 15) is 24.3 Å². The van der Waals surface area contributed by atoms with Crippen LogP contribution in [0.2, 0.25) is 0 Å². The number of esters is 1. The molecule has 0 saturated carbocycles. The van der Waals surface area contributed by atoms with Crippen LogP contribution in [0.4, 0.5) is 9.18 Å². The van der Waals surface area contributed by atoms with Gasteiger partial charge in [-0.15, -0.1) is 21.5 Å². The smallest absolute Gasteiger partial charge is 0.408 e. The maximum absolute atomic E-state index is 16.9. The van der Waals surface area contributed by atoms with E-state index in [1.54, 1.807) is 40.8 Å². The van der Waals surface area contributed by atoms with Crippen molar-refractivity contribution in [1.82, 2.24) is 30.4 Å². The van der Waals surface area contributed by atoms with Crippen LogP contribution in [-0.4, -0.2) is 134 Å². The predicted molar refractivity (Wildman–Crippen MR) is 206 cm³/mol. The second-order valence-corrected chi connectivity index (χ2v) is 17.5. The summed E-state index contributed by atoms with van der Waals surface area (Å²) in [5, 5.41) is 26.5. The number of alkyl carbamates (subject to hydrolysis) is 1. The Morgan fingerprint density at radius 2 is 1.82 bits per heavy atom. The zero-order valence-corrected chi connectivity index (χ0v) is 35.4. The molecule has 3 saturated heterocycles. The van der Waals surface area contributed by atoms with Gasteiger partial charge in [0.05, 0.1) is 42.4 Å². The number of aryl methyl sites for hydroxylation is 1. The Labute approximate surface area is 336 Å². The summed E-state index contributed by atoms with van der Waals surface area (Å²) >= 11 is 1.43. The molecule has 1 amide bonds. The number of amides is 1. The van der Waals surface area contributed by atoms with Gasteiger partial charge in [0.2, 0.25) is 5.82 Å². The molecule has 2 N–H and O–H groups in total. The summed E-state index contributed by atoms with van der Waals surface area (Å²) in [7, 11) is 5.31. The lowest BCUT2D eigenvalue weighted by Crippen LogP contribution is -2.61. The lowest BCUT2D eigenvalue weighted by Gasteiger charge is -2.47. The Kier molecular flexibility index (Phi) is 13.5. The Balaban J connectivity index is 1.56. The number of carbonyl (C=O) groups excluding carboxylic acids is 4. The summed E-state index contributed by atoms with van der Waals surface area (Å²) < 4.78 is 47.6. The monoisotopic (exact) mass is 820 g/mol. The molecule has 3 aliphatic rings. The number of nitrogens with zero attached hydrogens (tertiary/aromatic N) is 5. The standard InChI is InChI=1S/C39H57FN6O10S/c1-12-27-39(8)30(41-36(51)56-39)22(4)28(47)20(2)19-37(6,52-17-13-14-24-15-16-26(57-24)33-42-44-46(11)43-33)32(23(5)31(49)38(7,40)35(50)54-27)55-34-29(48)25(45(9)10)18-21(3)53-34/h13-16,20-23,25,27,29-30,32,34,48H,12,17-19H2,1-11H3,(H,41,51)/t20-,21-,22+,23+,25+,27-,29-,30-,32-,34+,37+,38+,39-/m1/s1. The van der Waals surface area contributed by atoms with Gasteiger partial charge in [-0.05, 0) is 84.5 Å². The second kappa shape index (κ2) is 17.3. The SMILES string of the molecule is CC[C@H]1OC(=O)[C@@](C)(F)C(=O)[C@H](C)[C@@H](O[C@@H]2O[C@H](C)C[C@H](N(C)C)[C@H]2O)[C@@](C)(OCC=Cc2ccc(-c3nnn(C)n3)s2)C[C@@H](C)C(=O)[C@H](C)[C@H]2NC(=O)O[C@@]21C. The van der Waals surface area contributed by atoms with Gasteiger partial charge in [-0.1, -0.05) is 33.8 Å². The normalized spacial score (nSPS) is 38.5. The number of rotatable bonds is 9. The predicted octanol–water partition coefficient (Wildman–Crippen LogP) is 3.91. The number of hydrogen-bond acceptors (Lipinski definition) is 15. The van der Waals surface area contributed by atoms with E-state index in [-0.39, 0.29) is 31.3 Å². The Hall–Kier alpha value is -3.68. The number of hydrogen-bond donors (Lipinski definition) is 2. The first kappa shape index (κ1) is 44.4. The Morgan fingerprint density at radius 3 is 2.46 bits per heavy atom. The zero-order chi connectivity index (χ0) is 42.2. The molecule has 3 fully saturated rings. The van der Waals surface area contributed by atoms with Crippen molar-refractivity contribution in [1.29, 1.82) is 0 Å². The van der Waals surface area contributed by atoms with Crippen molar-refractivity contribution in [2.24, 2.45) is 24.8 Å². The minimum absolute atomic E-state index is 0.0487. The number of ketones is 2. The topological polar surface area (TPSA) is 194 Å². The molecule has 16 nitrogen and oxygen atoms in total. The van der Waals surface area contributed by atoms with Crippen LogP contribution in [0.3, 0.4) is 0 Å². The highest BCUT2D eigenvalue weighted by molar-refractivity contribution is 7.16. The van der Waals surface area contributed by atoms with Crippen LogP contribution in [0.25, 0.3) is 16.8 Å². The molecule has 316 valence electrons. The number of Topliss-reactive ketones (excluding diaryl/α,β-unsaturated/α-hetero) is 2. The Bertz CT molecular complexity index is 1820. The largest absolute Gasteiger partial charge is 0.455 e. The maximum atomic E-state index is 16.9. The molecule has 0 aliphatic carbocycles. The molecule has 0 unspecified atom stereocenters. The first-order chi connectivity index (χ1) is 26.6. The molecule has 0 aromatic carbocycles. The molecule has 5 heterocycles. The summed E-state index contributed by atoms with van der Waals surface area (Å²) in [5.41, 5.74) is -6.32. The van der Waals surface area contributed by atoms with Gasteiger partial charge in [0, 0.05) is 28.7 Å². The molecule has 2 aromatic rings. The highest BCUT2D eigenvalue weighted by Gasteiger charge is 2.59. The number of thiophene rings is 1. The van der Waals surface area contributed by atoms with E-state index in [1.807, 2.05) is 44.1 Å². The van der Waals surface area contributed by atoms with Gasteiger partial charge in [0.15, 0.2) is 17.7 Å². The van der Waals surface area contributed by atoms with E-state index < -0.39 is 89.2 Å². The van der Waals surface area contributed by atoms with Gasteiger partial charge >= 0.3 is 12.1 Å². The zero-order valence-electron chi connectivity index (χ0n) is 34.6. The number of halogens is 1. The fraction of sp³-hybridized carbons (Fsp3) is 0.718. The fourth-order valence-corrected chi connectivity index (χ4v) is 9.34. The molecule has 2 aromatic heterocycles. The third-order valence-corrected chi connectivity index (χ3v) is 12.7. The minimum atomic E-state index is -3.20. The molecule has 13 atom stereocenters. The van der Waals surface area contributed by atoms with Crippen molar-refractivity contribution >= 4 is 41.0 Å². The molecular weight excluding hydrogens is 764 g/mol. The first-order valence-electron chi connectivity index (χ1n) is 19.4. The summed E-state index contributed by atoms with van der Waals surface area (Å²) in [5.74, 6) is -5.50.